The molecule has 1 aromatic carbocycles. The molecule has 9 nitrogen and oxygen atoms in total. The number of hydrazine groups is 1. The molecule has 3 heterocycles. The van der Waals surface area contributed by atoms with Crippen molar-refractivity contribution in [3.63, 3.8) is 0 Å². The van der Waals surface area contributed by atoms with Gasteiger partial charge in [-0.3, -0.25) is 29.1 Å². The summed E-state index contributed by atoms with van der Waals surface area (Å²) in [6.07, 6.45) is -3.44. The Balaban J connectivity index is 1.48. The van der Waals surface area contributed by atoms with Crippen molar-refractivity contribution in [3.05, 3.63) is 63.8 Å². The number of pyridine rings is 1. The van der Waals surface area contributed by atoms with E-state index in [4.69, 9.17) is 34.8 Å². The molecule has 6 atom stereocenters. The van der Waals surface area contributed by atoms with Gasteiger partial charge in [0, 0.05) is 18.5 Å². The monoisotopic (exact) mass is 748 g/mol. The number of halogens is 7. The first-order valence-electron chi connectivity index (χ1n) is 13.6. The van der Waals surface area contributed by atoms with E-state index in [9.17, 15) is 37.5 Å². The number of phenols is 1. The Morgan fingerprint density at radius 3 is 2.42 bits per heavy atom. The number of carbonyl (C=O) groups is 4. The number of carbonyl (C=O) groups excluding carboxylic acids is 4. The number of aromatic hydroxyl groups is 1. The second kappa shape index (κ2) is 10.6. The van der Waals surface area contributed by atoms with Crippen LogP contribution in [0.2, 0.25) is 5.02 Å². The van der Waals surface area contributed by atoms with Crippen molar-refractivity contribution in [2.75, 3.05) is 17.5 Å². The molecular formula is C29H23BrCl3F3N4O5. The number of phenolic OH excluding ortho intramolecular Hbond substituents is 1. The van der Waals surface area contributed by atoms with Crippen LogP contribution in [0.4, 0.5) is 19.0 Å². The number of allylic oxidation sites excluding steroid dienone is 2. The summed E-state index contributed by atoms with van der Waals surface area (Å²) in [6.45, 7) is 1.64. The Morgan fingerprint density at radius 1 is 1.09 bits per heavy atom. The lowest BCUT2D eigenvalue weighted by molar-refractivity contribution is -0.142. The van der Waals surface area contributed by atoms with Crippen molar-refractivity contribution >= 4 is 80.2 Å². The van der Waals surface area contributed by atoms with E-state index in [1.165, 1.54) is 7.05 Å². The van der Waals surface area contributed by atoms with Gasteiger partial charge in [0.05, 0.1) is 22.3 Å². The van der Waals surface area contributed by atoms with Gasteiger partial charge >= 0.3 is 6.18 Å². The molecule has 1 saturated carbocycles. The quantitative estimate of drug-likeness (QED) is 0.190. The van der Waals surface area contributed by atoms with Gasteiger partial charge in [0.25, 0.3) is 23.6 Å². The number of aromatic nitrogens is 1. The fourth-order valence-electron chi connectivity index (χ4n) is 7.20. The Bertz CT molecular complexity index is 1730. The maximum absolute atomic E-state index is 14.2. The number of nitrogens with zero attached hydrogens (tertiary/aromatic N) is 4. The summed E-state index contributed by atoms with van der Waals surface area (Å²) in [5.74, 6) is -7.91. The van der Waals surface area contributed by atoms with Crippen LogP contribution in [-0.2, 0) is 25.4 Å². The number of alkyl halides is 6. The van der Waals surface area contributed by atoms with Crippen molar-refractivity contribution in [2.45, 2.75) is 41.6 Å². The van der Waals surface area contributed by atoms with Crippen LogP contribution in [-0.4, -0.2) is 65.9 Å². The summed E-state index contributed by atoms with van der Waals surface area (Å²) >= 11 is 23.7. The average molecular weight is 751 g/mol. The molecule has 2 saturated heterocycles. The first kappa shape index (κ1) is 32.1. The van der Waals surface area contributed by atoms with Gasteiger partial charge < -0.3 is 5.11 Å². The van der Waals surface area contributed by atoms with Gasteiger partial charge in [0.15, 0.2) is 15.6 Å². The summed E-state index contributed by atoms with van der Waals surface area (Å²) in [5, 5.41) is 12.5. The van der Waals surface area contributed by atoms with Gasteiger partial charge in [-0.2, -0.15) is 18.2 Å². The maximum atomic E-state index is 14.2. The smallest absolute Gasteiger partial charge is 0.433 e. The predicted octanol–water partition coefficient (Wildman–Crippen LogP) is 5.53. The summed E-state index contributed by atoms with van der Waals surface area (Å²) in [5.41, 5.74) is -0.361. The number of anilines is 1. The molecule has 0 radical (unpaired) electrons. The molecule has 238 valence electrons. The molecule has 2 aliphatic carbocycles. The molecular weight excluding hydrogens is 728 g/mol. The van der Waals surface area contributed by atoms with Crippen LogP contribution >= 0.6 is 50.7 Å². The number of likely N-dealkylation sites (tertiary alicyclic amines) is 1. The number of imide groups is 2. The Morgan fingerprint density at radius 2 is 1.78 bits per heavy atom. The van der Waals surface area contributed by atoms with Crippen LogP contribution in [0.15, 0.2) is 42.0 Å². The Hall–Kier alpha value is -2.87. The first-order valence-corrected chi connectivity index (χ1v) is 15.9. The van der Waals surface area contributed by atoms with E-state index in [2.05, 4.69) is 20.9 Å². The third-order valence-corrected chi connectivity index (χ3v) is 11.5. The van der Waals surface area contributed by atoms with Crippen molar-refractivity contribution in [1.82, 2.24) is 14.9 Å². The van der Waals surface area contributed by atoms with Gasteiger partial charge in [0.2, 0.25) is 0 Å². The number of benzene rings is 1. The number of aryl methyl sites for hydroxylation is 1. The van der Waals surface area contributed by atoms with E-state index in [1.54, 1.807) is 31.2 Å². The van der Waals surface area contributed by atoms with Gasteiger partial charge in [0.1, 0.15) is 11.4 Å². The largest absolute Gasteiger partial charge is 0.507 e. The molecule has 45 heavy (non-hydrogen) atoms. The molecule has 1 N–H and O–H groups in total. The van der Waals surface area contributed by atoms with Crippen LogP contribution in [0, 0.1) is 24.7 Å². The van der Waals surface area contributed by atoms with Gasteiger partial charge in [-0.05, 0) is 43.4 Å². The lowest BCUT2D eigenvalue weighted by atomic mass is 9.56. The van der Waals surface area contributed by atoms with Crippen LogP contribution in [0.25, 0.3) is 0 Å². The maximum Gasteiger partial charge on any atom is 0.433 e. The zero-order valence-corrected chi connectivity index (χ0v) is 27.3. The number of rotatable bonds is 4. The van der Waals surface area contributed by atoms with E-state index >= 15 is 0 Å². The predicted molar refractivity (Wildman–Crippen MR) is 161 cm³/mol. The van der Waals surface area contributed by atoms with E-state index < -0.39 is 74.7 Å². The molecule has 0 bridgehead atoms. The number of fused-ring (bicyclic) bond motifs is 4. The van der Waals surface area contributed by atoms with E-state index in [0.29, 0.717) is 22.2 Å². The van der Waals surface area contributed by atoms with Crippen LogP contribution in [0.1, 0.15) is 35.6 Å². The Labute approximate surface area is 278 Å². The van der Waals surface area contributed by atoms with E-state index in [0.717, 1.165) is 16.0 Å². The zero-order valence-electron chi connectivity index (χ0n) is 23.4. The molecule has 0 spiro atoms. The lowest BCUT2D eigenvalue weighted by Crippen LogP contribution is -2.60. The third-order valence-electron chi connectivity index (χ3n) is 9.30. The van der Waals surface area contributed by atoms with E-state index in [-0.39, 0.29) is 34.6 Å². The van der Waals surface area contributed by atoms with Crippen molar-refractivity contribution in [2.24, 2.45) is 17.8 Å². The SMILES string of the molecule is Cc1cccc([C@H]2C3=CC[C@@H]4C(=O)N(N(C)c5nc(C(F)(F)F)ccc5Cl)C(=O)[C@@H]4[C@@H]3C[C@@]3(Cl)C(=O)N(CBr)C(=O)[C@@]23Cl)c1O. The van der Waals surface area contributed by atoms with Crippen molar-refractivity contribution < 1.29 is 37.5 Å². The molecule has 2 aromatic rings. The first-order chi connectivity index (χ1) is 21.0. The molecule has 4 aliphatic rings. The number of para-hydroxylation sites is 1. The minimum Gasteiger partial charge on any atom is -0.507 e. The number of hydrogen-bond donors (Lipinski definition) is 1. The third kappa shape index (κ3) is 4.29. The van der Waals surface area contributed by atoms with Gasteiger partial charge in [-0.15, -0.1) is 23.2 Å². The highest BCUT2D eigenvalue weighted by atomic mass is 79.9. The topological polar surface area (TPSA) is 111 Å². The zero-order chi connectivity index (χ0) is 33.0. The molecule has 2 aliphatic heterocycles. The summed E-state index contributed by atoms with van der Waals surface area (Å²) in [6, 6.07) is 6.50. The van der Waals surface area contributed by atoms with Crippen LogP contribution in [0.3, 0.4) is 0 Å². The van der Waals surface area contributed by atoms with Gasteiger partial charge in [-0.25, -0.2) is 4.98 Å². The number of hydrogen-bond acceptors (Lipinski definition) is 7. The van der Waals surface area contributed by atoms with Crippen LogP contribution < -0.4 is 5.01 Å². The standard InChI is InChI=1S/C29H23BrCl3F3N4O5/c1-12-4-3-5-15(21(12)41)20-13-6-7-14-19(16(13)10-27(32)25(44)39(11-30)26(45)28(20,27)33)24(43)40(23(14)42)38(2)22-17(31)8-9-18(37-22)29(34,35)36/h3-6,8-9,14,16,19-20,41H,7,10-11H2,1-2H3/t14-,16+,19-,20+,27+,28-/m0/s1. The minimum atomic E-state index is -4.82. The second-order valence-electron chi connectivity index (χ2n) is 11.5. The highest BCUT2D eigenvalue weighted by Gasteiger charge is 2.76. The fraction of sp³-hybridized carbons (Fsp3) is 0.414. The van der Waals surface area contributed by atoms with Crippen molar-refractivity contribution in [3.8, 4) is 5.75 Å². The lowest BCUT2D eigenvalue weighted by Gasteiger charge is -2.50. The molecule has 1 aromatic heterocycles. The normalized spacial score (nSPS) is 31.2. The van der Waals surface area contributed by atoms with E-state index in [1.807, 2.05) is 0 Å². The molecule has 0 unspecified atom stereocenters. The minimum absolute atomic E-state index is 0.00475. The highest BCUT2D eigenvalue weighted by Crippen LogP contribution is 2.66. The summed E-state index contributed by atoms with van der Waals surface area (Å²) < 4.78 is 40.4. The fourth-order valence-corrected chi connectivity index (χ4v) is 8.85. The molecule has 4 amide bonds. The average Bonchev–Trinajstić information content (AvgIpc) is 3.31. The summed E-state index contributed by atoms with van der Waals surface area (Å²) in [7, 11) is 1.20. The Kier molecular flexibility index (Phi) is 7.54. The van der Waals surface area contributed by atoms with Crippen molar-refractivity contribution in [1.29, 1.82) is 0 Å². The summed E-state index contributed by atoms with van der Waals surface area (Å²) in [4.78, 5) is 55.8. The molecule has 3 fully saturated rings. The highest BCUT2D eigenvalue weighted by molar-refractivity contribution is 9.09. The molecule has 6 rings (SSSR count). The number of amides is 4. The molecule has 16 heteroatoms. The van der Waals surface area contributed by atoms with Gasteiger partial charge in [-0.1, -0.05) is 57.4 Å². The van der Waals surface area contributed by atoms with Crippen LogP contribution in [0.5, 0.6) is 5.75 Å². The second-order valence-corrected chi connectivity index (χ2v) is 13.7.